The van der Waals surface area contributed by atoms with Gasteiger partial charge in [0.05, 0.1) is 11.4 Å². The van der Waals surface area contributed by atoms with Crippen LogP contribution in [0.3, 0.4) is 0 Å². The zero-order chi connectivity index (χ0) is 16.8. The van der Waals surface area contributed by atoms with Crippen molar-refractivity contribution in [2.75, 3.05) is 0 Å². The summed E-state index contributed by atoms with van der Waals surface area (Å²) in [6, 6.07) is 23.5. The van der Waals surface area contributed by atoms with Gasteiger partial charge in [-0.3, -0.25) is 9.98 Å². The number of aliphatic imine (C=N–C) groups is 2. The second kappa shape index (κ2) is 7.99. The van der Waals surface area contributed by atoms with Crippen molar-refractivity contribution >= 4 is 49.1 Å². The molecule has 0 aliphatic carbocycles. The molecule has 0 spiro atoms. The Balaban J connectivity index is 1.80. The molecule has 0 heterocycles. The first-order valence-electron chi connectivity index (χ1n) is 7.46. The van der Waals surface area contributed by atoms with Gasteiger partial charge in [-0.05, 0) is 30.3 Å². The summed E-state index contributed by atoms with van der Waals surface area (Å²) < 4.78 is 0. The maximum atomic E-state index is 4.51. The van der Waals surface area contributed by atoms with Gasteiger partial charge in [-0.15, -0.1) is 25.3 Å². The van der Waals surface area contributed by atoms with E-state index < -0.39 is 0 Å². The predicted molar refractivity (Wildman–Crippen MR) is 108 cm³/mol. The zero-order valence-electron chi connectivity index (χ0n) is 12.9. The lowest BCUT2D eigenvalue weighted by Gasteiger charge is -2.00. The van der Waals surface area contributed by atoms with Gasteiger partial charge in [0.15, 0.2) is 0 Å². The van der Waals surface area contributed by atoms with Crippen LogP contribution in [0.2, 0.25) is 0 Å². The van der Waals surface area contributed by atoms with Gasteiger partial charge >= 0.3 is 0 Å². The number of benzene rings is 3. The largest absolute Gasteiger partial charge is 0.256 e. The third kappa shape index (κ3) is 4.37. The minimum atomic E-state index is 0.848. The number of rotatable bonds is 4. The molecule has 3 aromatic carbocycles. The van der Waals surface area contributed by atoms with Crippen molar-refractivity contribution < 1.29 is 0 Å². The molecule has 0 atom stereocenters. The van der Waals surface area contributed by atoms with E-state index in [9.17, 15) is 0 Å². The van der Waals surface area contributed by atoms with Crippen LogP contribution in [0.15, 0.2) is 92.6 Å². The van der Waals surface area contributed by atoms with Crippen LogP contribution in [0, 0.1) is 0 Å². The van der Waals surface area contributed by atoms with E-state index in [1.165, 1.54) is 0 Å². The molecule has 0 bridgehead atoms. The fourth-order valence-corrected chi connectivity index (χ4v) is 2.57. The Kier molecular flexibility index (Phi) is 5.51. The first kappa shape index (κ1) is 16.6. The normalized spacial score (nSPS) is 11.4. The van der Waals surface area contributed by atoms with E-state index >= 15 is 0 Å². The van der Waals surface area contributed by atoms with Crippen molar-refractivity contribution in [2.45, 2.75) is 9.79 Å². The van der Waals surface area contributed by atoms with Crippen LogP contribution < -0.4 is 0 Å². The van der Waals surface area contributed by atoms with Gasteiger partial charge in [-0.2, -0.15) is 0 Å². The fraction of sp³-hybridized carbons (Fsp3) is 0. The Bertz CT molecular complexity index is 831. The van der Waals surface area contributed by atoms with Crippen molar-refractivity contribution in [1.29, 1.82) is 0 Å². The zero-order valence-corrected chi connectivity index (χ0v) is 14.7. The van der Waals surface area contributed by atoms with E-state index in [-0.39, 0.29) is 0 Å². The molecule has 3 rings (SSSR count). The molecule has 4 heteroatoms. The molecule has 0 fully saturated rings. The Hall–Kier alpha value is -2.30. The molecule has 0 aliphatic heterocycles. The topological polar surface area (TPSA) is 24.7 Å². The molecule has 24 heavy (non-hydrogen) atoms. The minimum absolute atomic E-state index is 0.848. The summed E-state index contributed by atoms with van der Waals surface area (Å²) in [5.41, 5.74) is 3.67. The highest BCUT2D eigenvalue weighted by Gasteiger charge is 1.96. The number of nitrogens with zero attached hydrogens (tertiary/aromatic N) is 2. The van der Waals surface area contributed by atoms with E-state index in [0.717, 1.165) is 32.3 Å². The lowest BCUT2D eigenvalue weighted by molar-refractivity contribution is 1.41. The maximum absolute atomic E-state index is 4.51. The average molecular weight is 348 g/mol. The molecular weight excluding hydrogens is 332 g/mol. The van der Waals surface area contributed by atoms with Gasteiger partial charge < -0.3 is 0 Å². The van der Waals surface area contributed by atoms with Crippen molar-refractivity contribution in [3.8, 4) is 0 Å². The SMILES string of the molecule is Sc1ccccc1C=Nc1cccc(N=Cc2ccccc2S)c1. The van der Waals surface area contributed by atoms with Crippen molar-refractivity contribution in [3.05, 3.63) is 83.9 Å². The van der Waals surface area contributed by atoms with Crippen molar-refractivity contribution in [2.24, 2.45) is 9.98 Å². The lowest BCUT2D eigenvalue weighted by atomic mass is 10.2. The maximum Gasteiger partial charge on any atom is 0.0651 e. The van der Waals surface area contributed by atoms with Crippen molar-refractivity contribution in [1.82, 2.24) is 0 Å². The first-order valence-corrected chi connectivity index (χ1v) is 8.36. The second-order valence-electron chi connectivity index (χ2n) is 5.15. The van der Waals surface area contributed by atoms with Gasteiger partial charge in [0.2, 0.25) is 0 Å². The quantitative estimate of drug-likeness (QED) is 0.442. The van der Waals surface area contributed by atoms with Crippen LogP contribution in [-0.2, 0) is 0 Å². The molecule has 2 nitrogen and oxygen atoms in total. The van der Waals surface area contributed by atoms with Crippen LogP contribution in [-0.4, -0.2) is 12.4 Å². The van der Waals surface area contributed by atoms with Crippen LogP contribution in [0.25, 0.3) is 0 Å². The lowest BCUT2D eigenvalue weighted by Crippen LogP contribution is -1.83. The molecule has 0 amide bonds. The summed E-state index contributed by atoms with van der Waals surface area (Å²) in [5.74, 6) is 0. The highest BCUT2D eigenvalue weighted by Crippen LogP contribution is 2.21. The minimum Gasteiger partial charge on any atom is -0.256 e. The Morgan fingerprint density at radius 3 is 1.50 bits per heavy atom. The van der Waals surface area contributed by atoms with Crippen molar-refractivity contribution in [3.63, 3.8) is 0 Å². The summed E-state index contributed by atoms with van der Waals surface area (Å²) in [4.78, 5) is 10.8. The van der Waals surface area contributed by atoms with Gasteiger partial charge in [0, 0.05) is 33.3 Å². The standard InChI is InChI=1S/C20H16N2S2/c23-19-10-3-1-6-15(19)13-21-17-8-5-9-18(12-17)22-14-16-7-2-4-11-20(16)24/h1-14,23-24H. The molecule has 0 unspecified atom stereocenters. The highest BCUT2D eigenvalue weighted by atomic mass is 32.1. The van der Waals surface area contributed by atoms with E-state index in [4.69, 9.17) is 0 Å². The smallest absolute Gasteiger partial charge is 0.0651 e. The van der Waals surface area contributed by atoms with Crippen LogP contribution in [0.1, 0.15) is 11.1 Å². The Morgan fingerprint density at radius 2 is 1.04 bits per heavy atom. The Morgan fingerprint density at radius 1 is 0.583 bits per heavy atom. The number of hydrogen-bond acceptors (Lipinski definition) is 4. The van der Waals surface area contributed by atoms with Gasteiger partial charge in [0.1, 0.15) is 0 Å². The molecule has 0 aromatic heterocycles. The molecule has 118 valence electrons. The summed E-state index contributed by atoms with van der Waals surface area (Å²) in [6.07, 6.45) is 3.63. The first-order chi connectivity index (χ1) is 11.7. The molecule has 3 aromatic rings. The molecule has 0 saturated heterocycles. The summed E-state index contributed by atoms with van der Waals surface area (Å²) in [5, 5.41) is 0. The third-order valence-electron chi connectivity index (χ3n) is 3.41. The van der Waals surface area contributed by atoms with Gasteiger partial charge in [-0.1, -0.05) is 42.5 Å². The molecule has 0 saturated carbocycles. The van der Waals surface area contributed by atoms with Crippen LogP contribution >= 0.6 is 25.3 Å². The van der Waals surface area contributed by atoms with Crippen LogP contribution in [0.5, 0.6) is 0 Å². The average Bonchev–Trinajstić information content (AvgIpc) is 2.61. The number of hydrogen-bond donors (Lipinski definition) is 2. The van der Waals surface area contributed by atoms with Gasteiger partial charge in [0.25, 0.3) is 0 Å². The Labute approximate surface area is 152 Å². The summed E-state index contributed by atoms with van der Waals surface area (Å²) in [7, 11) is 0. The molecule has 0 radical (unpaired) electrons. The summed E-state index contributed by atoms with van der Waals surface area (Å²) >= 11 is 8.85. The molecule has 0 aliphatic rings. The third-order valence-corrected chi connectivity index (χ3v) is 4.22. The number of thiol groups is 2. The highest BCUT2D eigenvalue weighted by molar-refractivity contribution is 7.80. The monoisotopic (exact) mass is 348 g/mol. The van der Waals surface area contributed by atoms with E-state index in [1.807, 2.05) is 85.2 Å². The molecule has 0 N–H and O–H groups in total. The molecular formula is C20H16N2S2. The second-order valence-corrected chi connectivity index (χ2v) is 6.12. The fourth-order valence-electron chi connectivity index (χ4n) is 2.14. The van der Waals surface area contributed by atoms with E-state index in [0.29, 0.717) is 0 Å². The summed E-state index contributed by atoms with van der Waals surface area (Å²) in [6.45, 7) is 0. The predicted octanol–water partition coefficient (Wildman–Crippen LogP) is 5.77. The van der Waals surface area contributed by atoms with E-state index in [1.54, 1.807) is 0 Å². The van der Waals surface area contributed by atoms with Crippen LogP contribution in [0.4, 0.5) is 11.4 Å². The van der Waals surface area contributed by atoms with Gasteiger partial charge in [-0.25, -0.2) is 0 Å². The van der Waals surface area contributed by atoms with E-state index in [2.05, 4.69) is 35.2 Å².